The van der Waals surface area contributed by atoms with E-state index in [4.69, 9.17) is 14.6 Å². The molecule has 0 bridgehead atoms. The molecule has 1 fully saturated rings. The van der Waals surface area contributed by atoms with Crippen molar-refractivity contribution in [2.45, 2.75) is 22.8 Å². The van der Waals surface area contributed by atoms with Gasteiger partial charge in [0.05, 0.1) is 12.2 Å². The van der Waals surface area contributed by atoms with E-state index < -0.39 is 10.0 Å². The average molecular weight is 321 g/mol. The molecule has 0 spiro atoms. The molecule has 0 aliphatic carbocycles. The van der Waals surface area contributed by atoms with Crippen LogP contribution in [0.15, 0.2) is 16.3 Å². The second-order valence-corrected chi connectivity index (χ2v) is 7.90. The molecule has 2 heterocycles. The van der Waals surface area contributed by atoms with Gasteiger partial charge in [0.25, 0.3) is 10.0 Å². The van der Waals surface area contributed by atoms with Crippen molar-refractivity contribution < 1.29 is 23.0 Å². The molecule has 1 aromatic heterocycles. The highest BCUT2D eigenvalue weighted by molar-refractivity contribution is 7.91. The molecule has 1 aliphatic heterocycles. The smallest absolute Gasteiger partial charge is 0.252 e. The first-order valence-corrected chi connectivity index (χ1v) is 8.54. The first-order chi connectivity index (χ1) is 9.52. The molecule has 2 unspecified atom stereocenters. The maximum Gasteiger partial charge on any atom is 0.252 e. The summed E-state index contributed by atoms with van der Waals surface area (Å²) in [5.41, 5.74) is 0. The number of hydrogen-bond donors (Lipinski definition) is 1. The van der Waals surface area contributed by atoms with E-state index in [1.807, 2.05) is 0 Å². The fourth-order valence-corrected chi connectivity index (χ4v) is 5.19. The van der Waals surface area contributed by atoms with E-state index in [1.165, 1.54) is 15.6 Å². The van der Waals surface area contributed by atoms with E-state index in [1.54, 1.807) is 26.4 Å². The van der Waals surface area contributed by atoms with Crippen LogP contribution in [-0.4, -0.2) is 64.0 Å². The van der Waals surface area contributed by atoms with Crippen molar-refractivity contribution in [3.63, 3.8) is 0 Å². The third kappa shape index (κ3) is 3.05. The number of ether oxygens (including phenoxy) is 2. The summed E-state index contributed by atoms with van der Waals surface area (Å²) in [5, 5.41) is 8.89. The van der Waals surface area contributed by atoms with E-state index >= 15 is 0 Å². The summed E-state index contributed by atoms with van der Waals surface area (Å²) >= 11 is 1.20. The Morgan fingerprint density at radius 1 is 1.30 bits per heavy atom. The highest BCUT2D eigenvalue weighted by atomic mass is 32.2. The predicted molar refractivity (Wildman–Crippen MR) is 75.5 cm³/mol. The molecule has 0 amide bonds. The van der Waals surface area contributed by atoms with E-state index in [-0.39, 0.29) is 18.8 Å². The van der Waals surface area contributed by atoms with Crippen LogP contribution in [0.2, 0.25) is 0 Å². The van der Waals surface area contributed by atoms with Crippen LogP contribution in [0.4, 0.5) is 0 Å². The van der Waals surface area contributed by atoms with Gasteiger partial charge in [0, 0.05) is 45.2 Å². The molecule has 6 nitrogen and oxygen atoms in total. The fourth-order valence-electron chi connectivity index (χ4n) is 2.23. The maximum atomic E-state index is 12.5. The number of nitrogens with zero attached hydrogens (tertiary/aromatic N) is 1. The molecule has 1 aliphatic rings. The third-order valence-corrected chi connectivity index (χ3v) is 6.82. The Morgan fingerprint density at radius 2 is 1.90 bits per heavy atom. The van der Waals surface area contributed by atoms with Crippen LogP contribution in [0, 0.1) is 0 Å². The third-order valence-electron chi connectivity index (χ3n) is 3.38. The van der Waals surface area contributed by atoms with Crippen LogP contribution in [0.1, 0.15) is 4.88 Å². The molecule has 2 rings (SSSR count). The number of hydrogen-bond acceptors (Lipinski definition) is 6. The van der Waals surface area contributed by atoms with Crippen LogP contribution in [0.25, 0.3) is 0 Å². The number of aliphatic hydroxyl groups excluding tert-OH is 1. The lowest BCUT2D eigenvalue weighted by Crippen LogP contribution is -2.29. The molecule has 1 saturated heterocycles. The van der Waals surface area contributed by atoms with Gasteiger partial charge < -0.3 is 14.6 Å². The Kier molecular flexibility index (Phi) is 5.16. The van der Waals surface area contributed by atoms with Crippen molar-refractivity contribution in [2.75, 3.05) is 33.9 Å². The summed E-state index contributed by atoms with van der Waals surface area (Å²) in [6, 6.07) is 3.33. The first kappa shape index (κ1) is 15.9. The molecule has 114 valence electrons. The summed E-state index contributed by atoms with van der Waals surface area (Å²) in [7, 11) is -0.406. The van der Waals surface area contributed by atoms with Crippen LogP contribution in [-0.2, 0) is 25.9 Å². The van der Waals surface area contributed by atoms with Gasteiger partial charge in [-0.15, -0.1) is 11.3 Å². The number of aliphatic hydroxyl groups is 1. The van der Waals surface area contributed by atoms with Crippen molar-refractivity contribution in [1.82, 2.24) is 4.31 Å². The van der Waals surface area contributed by atoms with Gasteiger partial charge in [0.15, 0.2) is 0 Å². The average Bonchev–Trinajstić information content (AvgIpc) is 3.05. The number of rotatable bonds is 6. The van der Waals surface area contributed by atoms with E-state index in [2.05, 4.69) is 0 Å². The molecule has 8 heteroatoms. The minimum Gasteiger partial charge on any atom is -0.396 e. The molecule has 2 atom stereocenters. The summed E-state index contributed by atoms with van der Waals surface area (Å²) in [6.07, 6.45) is -0.0139. The lowest BCUT2D eigenvalue weighted by molar-refractivity contribution is -0.00461. The van der Waals surface area contributed by atoms with E-state index in [0.29, 0.717) is 23.7 Å². The van der Waals surface area contributed by atoms with Crippen LogP contribution >= 0.6 is 11.3 Å². The molecule has 1 N–H and O–H groups in total. The fraction of sp³-hybridized carbons (Fsp3) is 0.667. The Labute approximate surface area is 123 Å². The first-order valence-electron chi connectivity index (χ1n) is 6.28. The van der Waals surface area contributed by atoms with Gasteiger partial charge in [-0.05, 0) is 12.1 Å². The molecule has 0 radical (unpaired) electrons. The second kappa shape index (κ2) is 6.50. The van der Waals surface area contributed by atoms with Gasteiger partial charge in [0.1, 0.15) is 4.21 Å². The highest BCUT2D eigenvalue weighted by Gasteiger charge is 2.40. The van der Waals surface area contributed by atoms with Crippen LogP contribution < -0.4 is 0 Å². The van der Waals surface area contributed by atoms with Crippen LogP contribution in [0.5, 0.6) is 0 Å². The van der Waals surface area contributed by atoms with Crippen molar-refractivity contribution >= 4 is 21.4 Å². The summed E-state index contributed by atoms with van der Waals surface area (Å²) < 4.78 is 37.3. The molecular formula is C12H19NO5S2. The Morgan fingerprint density at radius 3 is 2.40 bits per heavy atom. The summed E-state index contributed by atoms with van der Waals surface area (Å²) in [4.78, 5) is 0.858. The standard InChI is InChI=1S/C12H19NO5S2/c1-17-10-7-13(8-11(10)18-2)20(15,16)12-4-3-9(19-12)5-6-14/h3-4,10-11,14H,5-8H2,1-2H3. The number of sulfonamides is 1. The van der Waals surface area contributed by atoms with Gasteiger partial charge in [-0.1, -0.05) is 0 Å². The normalized spacial score (nSPS) is 24.4. The van der Waals surface area contributed by atoms with Crippen LogP contribution in [0.3, 0.4) is 0 Å². The largest absolute Gasteiger partial charge is 0.396 e. The molecule has 20 heavy (non-hydrogen) atoms. The minimum absolute atomic E-state index is 0.0151. The molecular weight excluding hydrogens is 302 g/mol. The van der Waals surface area contributed by atoms with Crippen molar-refractivity contribution in [1.29, 1.82) is 0 Å². The molecule has 0 aromatic carbocycles. The Hall–Kier alpha value is -0.510. The Balaban J connectivity index is 2.18. The van der Waals surface area contributed by atoms with Gasteiger partial charge in [0.2, 0.25) is 0 Å². The Bertz CT molecular complexity index is 530. The van der Waals surface area contributed by atoms with Crippen molar-refractivity contribution in [3.05, 3.63) is 17.0 Å². The zero-order valence-corrected chi connectivity index (χ0v) is 13.1. The number of methoxy groups -OCH3 is 2. The zero-order chi connectivity index (χ0) is 14.8. The lowest BCUT2D eigenvalue weighted by atomic mass is 10.3. The summed E-state index contributed by atoms with van der Waals surface area (Å²) in [6.45, 7) is 0.607. The molecule has 0 saturated carbocycles. The topological polar surface area (TPSA) is 76.1 Å². The van der Waals surface area contributed by atoms with E-state index in [0.717, 1.165) is 4.88 Å². The minimum atomic E-state index is -3.51. The maximum absolute atomic E-state index is 12.5. The summed E-state index contributed by atoms with van der Waals surface area (Å²) in [5.74, 6) is 0. The second-order valence-electron chi connectivity index (χ2n) is 4.56. The lowest BCUT2D eigenvalue weighted by Gasteiger charge is -2.14. The quantitative estimate of drug-likeness (QED) is 0.816. The van der Waals surface area contributed by atoms with Crippen molar-refractivity contribution in [3.8, 4) is 0 Å². The SMILES string of the molecule is COC1CN(S(=O)(=O)c2ccc(CCO)s2)CC1OC. The van der Waals surface area contributed by atoms with Gasteiger partial charge >= 0.3 is 0 Å². The number of thiophene rings is 1. The van der Waals surface area contributed by atoms with E-state index in [9.17, 15) is 8.42 Å². The van der Waals surface area contributed by atoms with Gasteiger partial charge in [-0.2, -0.15) is 4.31 Å². The van der Waals surface area contributed by atoms with Crippen molar-refractivity contribution in [2.24, 2.45) is 0 Å². The highest BCUT2D eigenvalue weighted by Crippen LogP contribution is 2.28. The molecule has 1 aromatic rings. The zero-order valence-electron chi connectivity index (χ0n) is 11.5. The predicted octanol–water partition coefficient (Wildman–Crippen LogP) is 0.317. The van der Waals surface area contributed by atoms with Gasteiger partial charge in [-0.25, -0.2) is 8.42 Å². The monoisotopic (exact) mass is 321 g/mol. The van der Waals surface area contributed by atoms with Gasteiger partial charge in [-0.3, -0.25) is 0 Å².